The number of sulfonamides is 1. The highest BCUT2D eigenvalue weighted by molar-refractivity contribution is 7.89. The van der Waals surface area contributed by atoms with Gasteiger partial charge in [0.15, 0.2) is 0 Å². The van der Waals surface area contributed by atoms with Crippen LogP contribution < -0.4 is 10.0 Å². The lowest BCUT2D eigenvalue weighted by molar-refractivity contribution is 0.559. The first kappa shape index (κ1) is 15.7. The molecule has 102 valence electrons. The number of halogens is 2. The number of nitrogens with one attached hydrogen (secondary N) is 2. The van der Waals surface area contributed by atoms with E-state index >= 15 is 0 Å². The van der Waals surface area contributed by atoms with Crippen molar-refractivity contribution < 1.29 is 8.42 Å². The second kappa shape index (κ2) is 6.73. The molecule has 0 aliphatic carbocycles. The normalized spacial score (nSPS) is 12.1. The molecule has 18 heavy (non-hydrogen) atoms. The zero-order valence-electron chi connectivity index (χ0n) is 10.2. The Morgan fingerprint density at radius 3 is 2.17 bits per heavy atom. The van der Waals surface area contributed by atoms with Crippen molar-refractivity contribution in [2.75, 3.05) is 13.1 Å². The van der Waals surface area contributed by atoms with Crippen LogP contribution in [0, 0.1) is 0 Å². The maximum Gasteiger partial charge on any atom is 0.240 e. The molecule has 0 amide bonds. The molecule has 0 fully saturated rings. The first-order valence-electron chi connectivity index (χ1n) is 5.50. The van der Waals surface area contributed by atoms with Gasteiger partial charge < -0.3 is 5.32 Å². The highest BCUT2D eigenvalue weighted by Crippen LogP contribution is 2.21. The van der Waals surface area contributed by atoms with Gasteiger partial charge in [0.2, 0.25) is 10.0 Å². The van der Waals surface area contributed by atoms with Gasteiger partial charge in [0.1, 0.15) is 0 Å². The zero-order chi connectivity index (χ0) is 13.8. The molecule has 0 saturated heterocycles. The second-order valence-electron chi connectivity index (χ2n) is 4.11. The lowest BCUT2D eigenvalue weighted by Crippen LogP contribution is -2.34. The molecule has 0 spiro atoms. The first-order chi connectivity index (χ1) is 8.31. The summed E-state index contributed by atoms with van der Waals surface area (Å²) in [6.07, 6.45) is 0. The Kier molecular flexibility index (Phi) is 5.88. The molecule has 0 unspecified atom stereocenters. The Morgan fingerprint density at radius 2 is 1.67 bits per heavy atom. The fourth-order valence-corrected chi connectivity index (χ4v) is 3.07. The van der Waals surface area contributed by atoms with Crippen molar-refractivity contribution in [2.24, 2.45) is 0 Å². The van der Waals surface area contributed by atoms with Gasteiger partial charge in [0.05, 0.1) is 4.90 Å². The minimum Gasteiger partial charge on any atom is -0.313 e. The fraction of sp³-hybridized carbons (Fsp3) is 0.455. The van der Waals surface area contributed by atoms with E-state index < -0.39 is 10.0 Å². The van der Waals surface area contributed by atoms with Crippen LogP contribution in [0.2, 0.25) is 10.0 Å². The van der Waals surface area contributed by atoms with Crippen LogP contribution in [0.3, 0.4) is 0 Å². The summed E-state index contributed by atoms with van der Waals surface area (Å²) >= 11 is 11.5. The van der Waals surface area contributed by atoms with Gasteiger partial charge in [-0.2, -0.15) is 0 Å². The van der Waals surface area contributed by atoms with Crippen LogP contribution in [0.1, 0.15) is 13.8 Å². The highest BCUT2D eigenvalue weighted by atomic mass is 35.5. The summed E-state index contributed by atoms with van der Waals surface area (Å²) in [6, 6.07) is 4.54. The van der Waals surface area contributed by atoms with E-state index in [-0.39, 0.29) is 4.90 Å². The third-order valence-electron chi connectivity index (χ3n) is 2.12. The average Bonchev–Trinajstić information content (AvgIpc) is 2.23. The van der Waals surface area contributed by atoms with E-state index in [0.29, 0.717) is 29.2 Å². The lowest BCUT2D eigenvalue weighted by Gasteiger charge is -2.10. The Bertz CT molecular complexity index is 484. The molecule has 0 bridgehead atoms. The van der Waals surface area contributed by atoms with Crippen LogP contribution in [0.25, 0.3) is 0 Å². The maximum atomic E-state index is 11.9. The van der Waals surface area contributed by atoms with E-state index in [1.165, 1.54) is 18.2 Å². The third-order valence-corrected chi connectivity index (χ3v) is 3.99. The van der Waals surface area contributed by atoms with Crippen LogP contribution in [0.15, 0.2) is 23.1 Å². The molecule has 1 rings (SSSR count). The van der Waals surface area contributed by atoms with Crippen molar-refractivity contribution in [1.29, 1.82) is 0 Å². The van der Waals surface area contributed by atoms with Crippen molar-refractivity contribution in [2.45, 2.75) is 24.8 Å². The van der Waals surface area contributed by atoms with Crippen molar-refractivity contribution in [3.05, 3.63) is 28.2 Å². The highest BCUT2D eigenvalue weighted by Gasteiger charge is 2.14. The smallest absolute Gasteiger partial charge is 0.240 e. The molecule has 1 aromatic rings. The van der Waals surface area contributed by atoms with Crippen molar-refractivity contribution >= 4 is 33.2 Å². The van der Waals surface area contributed by atoms with Crippen LogP contribution in [0.4, 0.5) is 0 Å². The van der Waals surface area contributed by atoms with Crippen LogP contribution in [0.5, 0.6) is 0 Å². The predicted molar refractivity (Wildman–Crippen MR) is 74.8 cm³/mol. The SMILES string of the molecule is CC(C)NCCNS(=O)(=O)c1cc(Cl)cc(Cl)c1. The quantitative estimate of drug-likeness (QED) is 0.792. The fourth-order valence-electron chi connectivity index (χ4n) is 1.31. The Balaban J connectivity index is 2.68. The molecule has 0 heterocycles. The lowest BCUT2D eigenvalue weighted by atomic mass is 10.4. The van der Waals surface area contributed by atoms with Gasteiger partial charge in [-0.05, 0) is 18.2 Å². The standard InChI is InChI=1S/C11H16Cl2N2O2S/c1-8(2)14-3-4-15-18(16,17)11-6-9(12)5-10(13)7-11/h5-8,14-15H,3-4H2,1-2H3. The van der Waals surface area contributed by atoms with Crippen molar-refractivity contribution in [3.63, 3.8) is 0 Å². The molecule has 0 radical (unpaired) electrons. The molecule has 7 heteroatoms. The molecule has 1 aromatic carbocycles. The van der Waals surface area contributed by atoms with Crippen molar-refractivity contribution in [3.8, 4) is 0 Å². The minimum atomic E-state index is -3.56. The van der Waals surface area contributed by atoms with E-state index in [0.717, 1.165) is 0 Å². The summed E-state index contributed by atoms with van der Waals surface area (Å²) < 4.78 is 26.3. The molecule has 0 aliphatic rings. The molecule has 0 saturated carbocycles. The average molecular weight is 311 g/mol. The predicted octanol–water partition coefficient (Wildman–Crippen LogP) is 2.27. The number of benzene rings is 1. The first-order valence-corrected chi connectivity index (χ1v) is 7.74. The summed E-state index contributed by atoms with van der Waals surface area (Å²) in [5.74, 6) is 0. The molecule has 0 aromatic heterocycles. The number of hydrogen-bond donors (Lipinski definition) is 2. The van der Waals surface area contributed by atoms with E-state index in [9.17, 15) is 8.42 Å². The van der Waals surface area contributed by atoms with E-state index in [1.54, 1.807) is 0 Å². The van der Waals surface area contributed by atoms with Crippen molar-refractivity contribution in [1.82, 2.24) is 10.0 Å². The number of rotatable bonds is 6. The van der Waals surface area contributed by atoms with E-state index in [1.807, 2.05) is 13.8 Å². The third kappa shape index (κ3) is 5.12. The summed E-state index contributed by atoms with van der Waals surface area (Å²) in [5.41, 5.74) is 0. The Morgan fingerprint density at radius 1 is 1.11 bits per heavy atom. The van der Waals surface area contributed by atoms with Gasteiger partial charge in [0, 0.05) is 29.2 Å². The van der Waals surface area contributed by atoms with Gasteiger partial charge >= 0.3 is 0 Å². The minimum absolute atomic E-state index is 0.0737. The topological polar surface area (TPSA) is 58.2 Å². The van der Waals surface area contributed by atoms with Crippen LogP contribution in [-0.4, -0.2) is 27.5 Å². The van der Waals surface area contributed by atoms with E-state index in [4.69, 9.17) is 23.2 Å². The van der Waals surface area contributed by atoms with Gasteiger partial charge in [-0.1, -0.05) is 37.0 Å². The largest absolute Gasteiger partial charge is 0.313 e. The van der Waals surface area contributed by atoms with E-state index in [2.05, 4.69) is 10.0 Å². The summed E-state index contributed by atoms with van der Waals surface area (Å²) in [5, 5.41) is 3.70. The van der Waals surface area contributed by atoms with Crippen LogP contribution in [-0.2, 0) is 10.0 Å². The van der Waals surface area contributed by atoms with Gasteiger partial charge in [-0.25, -0.2) is 13.1 Å². The second-order valence-corrected chi connectivity index (χ2v) is 6.75. The molecule has 0 atom stereocenters. The van der Waals surface area contributed by atoms with Crippen LogP contribution >= 0.6 is 23.2 Å². The zero-order valence-corrected chi connectivity index (χ0v) is 12.5. The molecule has 0 aliphatic heterocycles. The molecular weight excluding hydrogens is 295 g/mol. The van der Waals surface area contributed by atoms with Gasteiger partial charge in [-0.15, -0.1) is 0 Å². The molecule has 2 N–H and O–H groups in total. The summed E-state index contributed by atoms with van der Waals surface area (Å²) in [6.45, 7) is 4.85. The van der Waals surface area contributed by atoms with Gasteiger partial charge in [-0.3, -0.25) is 0 Å². The Labute approximate surface area is 118 Å². The summed E-state index contributed by atoms with van der Waals surface area (Å²) in [7, 11) is -3.56. The summed E-state index contributed by atoms with van der Waals surface area (Å²) in [4.78, 5) is 0.0737. The maximum absolute atomic E-state index is 11.9. The molecule has 4 nitrogen and oxygen atoms in total. The molecular formula is C11H16Cl2N2O2S. The monoisotopic (exact) mass is 310 g/mol. The Hall–Kier alpha value is -0.330. The number of hydrogen-bond acceptors (Lipinski definition) is 3. The van der Waals surface area contributed by atoms with Gasteiger partial charge in [0.25, 0.3) is 0 Å².